The lowest BCUT2D eigenvalue weighted by molar-refractivity contribution is -0.141. The van der Waals surface area contributed by atoms with Crippen molar-refractivity contribution in [3.8, 4) is 11.5 Å². The molecule has 6 heteroatoms. The number of benzene rings is 1. The van der Waals surface area contributed by atoms with Crippen molar-refractivity contribution in [1.29, 1.82) is 0 Å². The minimum atomic E-state index is -0.373. The molecule has 1 saturated heterocycles. The van der Waals surface area contributed by atoms with Crippen molar-refractivity contribution in [2.24, 2.45) is 0 Å². The molecule has 1 aliphatic carbocycles. The molecule has 3 rings (SSSR count). The second-order valence-electron chi connectivity index (χ2n) is 6.49. The van der Waals surface area contributed by atoms with Gasteiger partial charge in [0.15, 0.2) is 18.1 Å². The summed E-state index contributed by atoms with van der Waals surface area (Å²) in [5, 5.41) is 10.0. The summed E-state index contributed by atoms with van der Waals surface area (Å²) in [5.74, 6) is 1.07. The van der Waals surface area contributed by atoms with Gasteiger partial charge in [0.1, 0.15) is 0 Å². The van der Waals surface area contributed by atoms with Gasteiger partial charge in [-0.2, -0.15) is 0 Å². The summed E-state index contributed by atoms with van der Waals surface area (Å²) in [5.41, 5.74) is -0.320. The highest BCUT2D eigenvalue weighted by Crippen LogP contribution is 2.42. The van der Waals surface area contributed by atoms with Gasteiger partial charge in [0.25, 0.3) is 5.91 Å². The molecule has 0 radical (unpaired) electrons. The smallest absolute Gasteiger partial charge is 0.260 e. The van der Waals surface area contributed by atoms with E-state index in [4.69, 9.17) is 14.2 Å². The van der Waals surface area contributed by atoms with Crippen LogP contribution in [0.1, 0.15) is 25.7 Å². The fourth-order valence-corrected chi connectivity index (χ4v) is 3.94. The molecule has 2 fully saturated rings. The fourth-order valence-electron chi connectivity index (χ4n) is 3.94. The maximum Gasteiger partial charge on any atom is 0.260 e. The number of aliphatic hydroxyl groups is 1. The number of carbonyl (C=O) groups excluding carboxylic acids is 1. The Balaban J connectivity index is 1.67. The fraction of sp³-hybridized carbons (Fsp3) is 0.611. The van der Waals surface area contributed by atoms with Gasteiger partial charge in [0.2, 0.25) is 0 Å². The molecule has 1 heterocycles. The Hall–Kier alpha value is -1.79. The average Bonchev–Trinajstić information content (AvgIpc) is 2.99. The molecule has 6 nitrogen and oxygen atoms in total. The van der Waals surface area contributed by atoms with Crippen molar-refractivity contribution in [1.82, 2.24) is 4.90 Å². The molecule has 1 aromatic carbocycles. The van der Waals surface area contributed by atoms with Crippen LogP contribution in [0.2, 0.25) is 0 Å². The predicted octanol–water partition coefficient (Wildman–Crippen LogP) is 1.60. The zero-order valence-electron chi connectivity index (χ0n) is 14.2. The normalized spacial score (nSPS) is 29.2. The summed E-state index contributed by atoms with van der Waals surface area (Å²) < 4.78 is 16.7. The largest absolute Gasteiger partial charge is 0.493 e. The van der Waals surface area contributed by atoms with Crippen LogP contribution < -0.4 is 9.47 Å². The van der Waals surface area contributed by atoms with E-state index in [0.29, 0.717) is 24.5 Å². The zero-order chi connectivity index (χ0) is 17.2. The molecule has 1 N–H and O–H groups in total. The number of likely N-dealkylation sites (tertiary alicyclic amines) is 1. The number of para-hydroxylation sites is 2. The molecular formula is C18H25NO5. The summed E-state index contributed by atoms with van der Waals surface area (Å²) in [6.45, 7) is 0.589. The molecule has 3 atom stereocenters. The lowest BCUT2D eigenvalue weighted by atomic mass is 9.79. The van der Waals surface area contributed by atoms with Gasteiger partial charge in [0.05, 0.1) is 24.9 Å². The van der Waals surface area contributed by atoms with Gasteiger partial charge in [-0.3, -0.25) is 4.79 Å². The number of methoxy groups -OCH3 is 2. The summed E-state index contributed by atoms with van der Waals surface area (Å²) >= 11 is 0. The molecule has 0 aromatic heterocycles. The Bertz CT molecular complexity index is 593. The molecule has 1 saturated carbocycles. The molecular weight excluding hydrogens is 310 g/mol. The molecule has 24 heavy (non-hydrogen) atoms. The Labute approximate surface area is 142 Å². The first-order valence-corrected chi connectivity index (χ1v) is 8.38. The van der Waals surface area contributed by atoms with Gasteiger partial charge in [-0.05, 0) is 37.8 Å². The van der Waals surface area contributed by atoms with Crippen LogP contribution in [0.15, 0.2) is 24.3 Å². The van der Waals surface area contributed by atoms with Crippen LogP contribution in [0.3, 0.4) is 0 Å². The van der Waals surface area contributed by atoms with Crippen LogP contribution in [0, 0.1) is 0 Å². The van der Waals surface area contributed by atoms with Crippen molar-refractivity contribution >= 4 is 5.91 Å². The first kappa shape index (κ1) is 17.0. The van der Waals surface area contributed by atoms with Crippen molar-refractivity contribution in [3.63, 3.8) is 0 Å². The third-order valence-corrected chi connectivity index (χ3v) is 5.30. The van der Waals surface area contributed by atoms with Gasteiger partial charge < -0.3 is 24.2 Å². The first-order chi connectivity index (χ1) is 11.6. The Morgan fingerprint density at radius 3 is 2.75 bits per heavy atom. The number of rotatable bonds is 5. The minimum Gasteiger partial charge on any atom is -0.493 e. The van der Waals surface area contributed by atoms with Gasteiger partial charge in [0, 0.05) is 13.7 Å². The van der Waals surface area contributed by atoms with Crippen LogP contribution in [-0.2, 0) is 9.53 Å². The standard InChI is InChI=1S/C18H25NO5/c1-22-14-5-3-4-6-15(14)24-12-17(21)19-10-9-18(23-2)8-7-13(20)11-16(18)19/h3-6,13,16,20H,7-12H2,1-2H3/t13?,16?,18-/m1/s1. The molecule has 0 spiro atoms. The maximum atomic E-state index is 12.7. The zero-order valence-corrected chi connectivity index (χ0v) is 14.2. The molecule has 132 valence electrons. The van der Waals surface area contributed by atoms with E-state index in [9.17, 15) is 9.90 Å². The van der Waals surface area contributed by atoms with E-state index in [-0.39, 0.29) is 30.3 Å². The van der Waals surface area contributed by atoms with E-state index in [1.165, 1.54) is 0 Å². The Morgan fingerprint density at radius 2 is 2.04 bits per heavy atom. The molecule has 0 bridgehead atoms. The predicted molar refractivity (Wildman–Crippen MR) is 88.2 cm³/mol. The topological polar surface area (TPSA) is 68.2 Å². The van der Waals surface area contributed by atoms with E-state index < -0.39 is 0 Å². The first-order valence-electron chi connectivity index (χ1n) is 8.38. The van der Waals surface area contributed by atoms with Crippen molar-refractivity contribution in [3.05, 3.63) is 24.3 Å². The highest BCUT2D eigenvalue weighted by Gasteiger charge is 2.52. The van der Waals surface area contributed by atoms with Crippen LogP contribution in [-0.4, -0.2) is 61.0 Å². The second kappa shape index (κ2) is 6.99. The second-order valence-corrected chi connectivity index (χ2v) is 6.49. The summed E-state index contributed by atoms with van der Waals surface area (Å²) in [7, 11) is 3.27. The van der Waals surface area contributed by atoms with Gasteiger partial charge >= 0.3 is 0 Å². The highest BCUT2D eigenvalue weighted by atomic mass is 16.5. The SMILES string of the molecule is COc1ccccc1OCC(=O)N1CC[C@]2(OC)CCC(O)CC12. The number of hydrogen-bond acceptors (Lipinski definition) is 5. The van der Waals surface area contributed by atoms with E-state index in [2.05, 4.69) is 0 Å². The quantitative estimate of drug-likeness (QED) is 0.885. The van der Waals surface area contributed by atoms with Crippen molar-refractivity contribution < 1.29 is 24.1 Å². The maximum absolute atomic E-state index is 12.7. The van der Waals surface area contributed by atoms with E-state index in [0.717, 1.165) is 19.3 Å². The molecule has 1 amide bonds. The number of amides is 1. The summed E-state index contributed by atoms with van der Waals surface area (Å²) in [6, 6.07) is 7.18. The third kappa shape index (κ3) is 3.08. The summed E-state index contributed by atoms with van der Waals surface area (Å²) in [4.78, 5) is 14.5. The van der Waals surface area contributed by atoms with Crippen LogP contribution in [0.25, 0.3) is 0 Å². The molecule has 2 unspecified atom stereocenters. The number of fused-ring (bicyclic) bond motifs is 1. The molecule has 2 aliphatic rings. The monoisotopic (exact) mass is 335 g/mol. The number of ether oxygens (including phenoxy) is 3. The lowest BCUT2D eigenvalue weighted by Gasteiger charge is -2.42. The number of hydrogen-bond donors (Lipinski definition) is 1. The lowest BCUT2D eigenvalue weighted by Crippen LogP contribution is -2.53. The molecule has 1 aromatic rings. The van der Waals surface area contributed by atoms with Crippen LogP contribution in [0.4, 0.5) is 0 Å². The van der Waals surface area contributed by atoms with E-state index in [1.807, 2.05) is 12.1 Å². The van der Waals surface area contributed by atoms with Crippen molar-refractivity contribution in [2.75, 3.05) is 27.4 Å². The van der Waals surface area contributed by atoms with Crippen LogP contribution in [0.5, 0.6) is 11.5 Å². The number of aliphatic hydroxyl groups excluding tert-OH is 1. The van der Waals surface area contributed by atoms with E-state index in [1.54, 1.807) is 31.3 Å². The highest BCUT2D eigenvalue weighted by molar-refractivity contribution is 5.78. The Kier molecular flexibility index (Phi) is 4.96. The third-order valence-electron chi connectivity index (χ3n) is 5.30. The minimum absolute atomic E-state index is 0.0488. The summed E-state index contributed by atoms with van der Waals surface area (Å²) in [6.07, 6.45) is 2.51. The van der Waals surface area contributed by atoms with E-state index >= 15 is 0 Å². The van der Waals surface area contributed by atoms with Gasteiger partial charge in [-0.25, -0.2) is 0 Å². The van der Waals surface area contributed by atoms with Gasteiger partial charge in [-0.1, -0.05) is 12.1 Å². The number of carbonyl (C=O) groups is 1. The van der Waals surface area contributed by atoms with Crippen molar-refractivity contribution in [2.45, 2.75) is 43.4 Å². The van der Waals surface area contributed by atoms with Crippen LogP contribution >= 0.6 is 0 Å². The average molecular weight is 335 g/mol. The molecule has 1 aliphatic heterocycles. The Morgan fingerprint density at radius 1 is 1.29 bits per heavy atom. The van der Waals surface area contributed by atoms with Gasteiger partial charge in [-0.15, -0.1) is 0 Å². The number of nitrogens with zero attached hydrogens (tertiary/aromatic N) is 1.